The summed E-state index contributed by atoms with van der Waals surface area (Å²) in [4.78, 5) is 0. The molecule has 80 valence electrons. The molecule has 1 aromatic rings. The fourth-order valence-corrected chi connectivity index (χ4v) is 1.34. The Morgan fingerprint density at radius 3 is 2.86 bits per heavy atom. The highest BCUT2D eigenvalue weighted by Crippen LogP contribution is 2.16. The Labute approximate surface area is 85.4 Å². The summed E-state index contributed by atoms with van der Waals surface area (Å²) in [6.07, 6.45) is 2.84. The van der Waals surface area contributed by atoms with Crippen molar-refractivity contribution in [2.75, 3.05) is 20.3 Å². The summed E-state index contributed by atoms with van der Waals surface area (Å²) < 4.78 is 10.8. The van der Waals surface area contributed by atoms with Gasteiger partial charge in [0.15, 0.2) is 0 Å². The summed E-state index contributed by atoms with van der Waals surface area (Å²) in [5.74, 6) is 0.941. The van der Waals surface area contributed by atoms with Crippen molar-refractivity contribution in [3.63, 3.8) is 0 Å². The van der Waals surface area contributed by atoms with E-state index in [0.717, 1.165) is 24.4 Å². The van der Waals surface area contributed by atoms with Gasteiger partial charge in [0.25, 0.3) is 0 Å². The van der Waals surface area contributed by atoms with E-state index in [4.69, 9.17) is 9.15 Å². The smallest absolute Gasteiger partial charge is 0.101 e. The first-order valence-corrected chi connectivity index (χ1v) is 5.08. The van der Waals surface area contributed by atoms with Crippen LogP contribution in [0.15, 0.2) is 16.7 Å². The quantitative estimate of drug-likeness (QED) is 0.710. The van der Waals surface area contributed by atoms with Gasteiger partial charge in [-0.2, -0.15) is 0 Å². The van der Waals surface area contributed by atoms with Gasteiger partial charge in [0.1, 0.15) is 5.76 Å². The number of hydrogen-bond acceptors (Lipinski definition) is 3. The van der Waals surface area contributed by atoms with E-state index >= 15 is 0 Å². The molecule has 1 atom stereocenters. The predicted octanol–water partition coefficient (Wildman–Crippen LogP) is 2.28. The molecular formula is C11H19NO2. The highest BCUT2D eigenvalue weighted by Gasteiger charge is 2.11. The second kappa shape index (κ2) is 5.83. The molecule has 0 amide bonds. The number of furan rings is 1. The molecule has 1 unspecified atom stereocenters. The lowest BCUT2D eigenvalue weighted by molar-refractivity contribution is 0.114. The molecule has 0 saturated heterocycles. The van der Waals surface area contributed by atoms with Crippen molar-refractivity contribution in [2.24, 2.45) is 0 Å². The lowest BCUT2D eigenvalue weighted by Gasteiger charge is -2.13. The molecule has 0 aromatic carbocycles. The molecule has 1 N–H and O–H groups in total. The van der Waals surface area contributed by atoms with Crippen molar-refractivity contribution in [3.05, 3.63) is 23.7 Å². The van der Waals surface area contributed by atoms with E-state index in [0.29, 0.717) is 6.61 Å². The van der Waals surface area contributed by atoms with Crippen molar-refractivity contribution < 1.29 is 9.15 Å². The van der Waals surface area contributed by atoms with Gasteiger partial charge in [-0.3, -0.25) is 0 Å². The van der Waals surface area contributed by atoms with Crippen molar-refractivity contribution in [3.8, 4) is 0 Å². The average Bonchev–Trinajstić information content (AvgIpc) is 2.60. The molecule has 0 radical (unpaired) electrons. The van der Waals surface area contributed by atoms with Gasteiger partial charge in [-0.25, -0.2) is 0 Å². The third kappa shape index (κ3) is 3.16. The van der Waals surface area contributed by atoms with E-state index < -0.39 is 0 Å². The summed E-state index contributed by atoms with van der Waals surface area (Å²) in [6, 6.07) is 2.27. The minimum absolute atomic E-state index is 0.235. The van der Waals surface area contributed by atoms with Crippen LogP contribution in [-0.4, -0.2) is 20.3 Å². The maximum absolute atomic E-state index is 5.50. The third-order valence-corrected chi connectivity index (χ3v) is 2.13. The van der Waals surface area contributed by atoms with E-state index in [1.165, 1.54) is 0 Å². The lowest BCUT2D eigenvalue weighted by Crippen LogP contribution is -2.21. The maximum Gasteiger partial charge on any atom is 0.101 e. The molecule has 1 aromatic heterocycles. The molecule has 0 aliphatic carbocycles. The van der Waals surface area contributed by atoms with E-state index in [-0.39, 0.29) is 6.04 Å². The SMILES string of the molecule is CCCOCC(NC)c1coc(C)c1. The molecule has 0 fully saturated rings. The Kier molecular flexibility index (Phi) is 4.70. The summed E-state index contributed by atoms with van der Waals surface area (Å²) in [6.45, 7) is 5.57. The van der Waals surface area contributed by atoms with Crippen molar-refractivity contribution >= 4 is 0 Å². The van der Waals surface area contributed by atoms with E-state index in [9.17, 15) is 0 Å². The Morgan fingerprint density at radius 1 is 1.57 bits per heavy atom. The number of hydrogen-bond donors (Lipinski definition) is 1. The van der Waals surface area contributed by atoms with Gasteiger partial charge in [0.2, 0.25) is 0 Å². The highest BCUT2D eigenvalue weighted by molar-refractivity contribution is 5.16. The van der Waals surface area contributed by atoms with Gasteiger partial charge in [-0.1, -0.05) is 6.92 Å². The molecule has 3 heteroatoms. The van der Waals surface area contributed by atoms with E-state index in [2.05, 4.69) is 12.2 Å². The van der Waals surface area contributed by atoms with Crippen LogP contribution in [0, 0.1) is 6.92 Å². The molecule has 3 nitrogen and oxygen atoms in total. The lowest BCUT2D eigenvalue weighted by atomic mass is 10.1. The van der Waals surface area contributed by atoms with Crippen LogP contribution >= 0.6 is 0 Å². The van der Waals surface area contributed by atoms with Crippen LogP contribution in [0.3, 0.4) is 0 Å². The molecule has 0 spiro atoms. The molecule has 0 aliphatic rings. The third-order valence-electron chi connectivity index (χ3n) is 2.13. The first-order valence-electron chi connectivity index (χ1n) is 5.08. The minimum atomic E-state index is 0.235. The number of likely N-dealkylation sites (N-methyl/N-ethyl adjacent to an activating group) is 1. The van der Waals surface area contributed by atoms with Crippen LogP contribution < -0.4 is 5.32 Å². The fraction of sp³-hybridized carbons (Fsp3) is 0.636. The number of ether oxygens (including phenoxy) is 1. The summed E-state index contributed by atoms with van der Waals surface area (Å²) in [5, 5.41) is 3.21. The first kappa shape index (κ1) is 11.3. The number of nitrogens with one attached hydrogen (secondary N) is 1. The van der Waals surface area contributed by atoms with Crippen LogP contribution in [0.5, 0.6) is 0 Å². The zero-order valence-corrected chi connectivity index (χ0v) is 9.17. The van der Waals surface area contributed by atoms with Crippen molar-refractivity contribution in [1.82, 2.24) is 5.32 Å². The van der Waals surface area contributed by atoms with Gasteiger partial charge in [0.05, 0.1) is 18.9 Å². The summed E-state index contributed by atoms with van der Waals surface area (Å²) in [5.41, 5.74) is 1.15. The largest absolute Gasteiger partial charge is 0.469 e. The van der Waals surface area contributed by atoms with Crippen LogP contribution in [-0.2, 0) is 4.74 Å². The fourth-order valence-electron chi connectivity index (χ4n) is 1.34. The van der Waals surface area contributed by atoms with Crippen LogP contribution in [0.2, 0.25) is 0 Å². The van der Waals surface area contributed by atoms with Gasteiger partial charge >= 0.3 is 0 Å². The Bertz CT molecular complexity index is 258. The molecule has 0 saturated carbocycles. The Hall–Kier alpha value is -0.800. The summed E-state index contributed by atoms with van der Waals surface area (Å²) >= 11 is 0. The van der Waals surface area contributed by atoms with Crippen LogP contribution in [0.1, 0.15) is 30.7 Å². The molecule has 1 rings (SSSR count). The topological polar surface area (TPSA) is 34.4 Å². The monoisotopic (exact) mass is 197 g/mol. The average molecular weight is 197 g/mol. The second-order valence-electron chi connectivity index (χ2n) is 3.41. The van der Waals surface area contributed by atoms with E-state index in [1.807, 2.05) is 20.0 Å². The molecule has 14 heavy (non-hydrogen) atoms. The summed E-state index contributed by atoms with van der Waals surface area (Å²) in [7, 11) is 1.93. The maximum atomic E-state index is 5.50. The minimum Gasteiger partial charge on any atom is -0.469 e. The Morgan fingerprint density at radius 2 is 2.36 bits per heavy atom. The molecular weight excluding hydrogens is 178 g/mol. The Balaban J connectivity index is 2.45. The standard InChI is InChI=1S/C11H19NO2/c1-4-5-13-8-11(12-3)10-6-9(2)14-7-10/h6-7,11-12H,4-5,8H2,1-3H3. The molecule has 0 bridgehead atoms. The zero-order chi connectivity index (χ0) is 10.4. The normalized spacial score (nSPS) is 13.1. The molecule has 0 aliphatic heterocycles. The number of rotatable bonds is 6. The van der Waals surface area contributed by atoms with Gasteiger partial charge in [0, 0.05) is 12.2 Å². The van der Waals surface area contributed by atoms with Gasteiger partial charge in [-0.05, 0) is 26.5 Å². The van der Waals surface area contributed by atoms with Crippen molar-refractivity contribution in [1.29, 1.82) is 0 Å². The zero-order valence-electron chi connectivity index (χ0n) is 9.17. The second-order valence-corrected chi connectivity index (χ2v) is 3.41. The highest BCUT2D eigenvalue weighted by atomic mass is 16.5. The number of aryl methyl sites for hydroxylation is 1. The molecule has 1 heterocycles. The van der Waals surface area contributed by atoms with Crippen LogP contribution in [0.4, 0.5) is 0 Å². The van der Waals surface area contributed by atoms with Gasteiger partial charge in [-0.15, -0.1) is 0 Å². The van der Waals surface area contributed by atoms with Crippen LogP contribution in [0.25, 0.3) is 0 Å². The van der Waals surface area contributed by atoms with Crippen molar-refractivity contribution in [2.45, 2.75) is 26.3 Å². The van der Waals surface area contributed by atoms with Gasteiger partial charge < -0.3 is 14.5 Å². The first-order chi connectivity index (χ1) is 6.77. The predicted molar refractivity (Wildman–Crippen MR) is 56.4 cm³/mol. The van der Waals surface area contributed by atoms with E-state index in [1.54, 1.807) is 6.26 Å².